The van der Waals surface area contributed by atoms with Gasteiger partial charge in [-0.25, -0.2) is 9.78 Å². The largest absolute Gasteiger partial charge is 0.423 e. The number of carbonyl (C=O) groups excluding carboxylic acids is 1. The van der Waals surface area contributed by atoms with Gasteiger partial charge in [-0.2, -0.15) is 0 Å². The Morgan fingerprint density at radius 1 is 0.882 bits per heavy atom. The molecule has 0 amide bonds. The lowest BCUT2D eigenvalue weighted by molar-refractivity contribution is -0.384. The lowest BCUT2D eigenvalue weighted by atomic mass is 10.1. The van der Waals surface area contributed by atoms with Gasteiger partial charge in [-0.1, -0.05) is 48.5 Å². The molecule has 0 N–H and O–H groups in total. The predicted octanol–water partition coefficient (Wildman–Crippen LogP) is 5.88. The maximum atomic E-state index is 12.5. The number of fused-ring (bicyclic) bond motifs is 1. The van der Waals surface area contributed by atoms with Gasteiger partial charge >= 0.3 is 5.97 Å². The molecule has 4 aromatic carbocycles. The molecule has 0 unspecified atom stereocenters. The van der Waals surface area contributed by atoms with Crippen LogP contribution in [-0.4, -0.2) is 20.4 Å². The zero-order valence-corrected chi connectivity index (χ0v) is 18.0. The van der Waals surface area contributed by atoms with Crippen molar-refractivity contribution in [3.8, 4) is 17.1 Å². The van der Waals surface area contributed by atoms with E-state index in [1.807, 2.05) is 54.6 Å². The van der Waals surface area contributed by atoms with Gasteiger partial charge in [0.25, 0.3) is 5.69 Å². The van der Waals surface area contributed by atoms with E-state index < -0.39 is 10.9 Å². The Kier molecular flexibility index (Phi) is 5.58. The third kappa shape index (κ3) is 4.27. The van der Waals surface area contributed by atoms with Crippen molar-refractivity contribution >= 4 is 22.7 Å². The molecule has 0 radical (unpaired) electrons. The highest BCUT2D eigenvalue weighted by atomic mass is 16.6. The van der Waals surface area contributed by atoms with Crippen LogP contribution >= 0.6 is 0 Å². The van der Waals surface area contributed by atoms with Crippen LogP contribution in [0, 0.1) is 10.1 Å². The number of nitro benzene ring substituents is 1. The fourth-order valence-corrected chi connectivity index (χ4v) is 3.81. The summed E-state index contributed by atoms with van der Waals surface area (Å²) in [5, 5.41) is 11.0. The van der Waals surface area contributed by atoms with Crippen LogP contribution in [0.5, 0.6) is 5.75 Å². The van der Waals surface area contributed by atoms with Crippen LogP contribution in [0.1, 0.15) is 15.9 Å². The van der Waals surface area contributed by atoms with Crippen LogP contribution in [0.15, 0.2) is 103 Å². The van der Waals surface area contributed by atoms with Crippen LogP contribution in [-0.2, 0) is 6.54 Å². The maximum Gasteiger partial charge on any atom is 0.343 e. The Morgan fingerprint density at radius 3 is 2.38 bits per heavy atom. The number of aromatic nitrogens is 2. The lowest BCUT2D eigenvalue weighted by Gasteiger charge is -2.10. The average molecular weight is 449 g/mol. The number of rotatable bonds is 6. The number of hydrogen-bond acceptors (Lipinski definition) is 5. The average Bonchev–Trinajstić information content (AvgIpc) is 3.23. The molecule has 5 aromatic rings. The van der Waals surface area contributed by atoms with E-state index in [1.165, 1.54) is 24.3 Å². The van der Waals surface area contributed by atoms with E-state index in [2.05, 4.69) is 16.7 Å². The van der Waals surface area contributed by atoms with Gasteiger partial charge in [-0.3, -0.25) is 10.1 Å². The number of carbonyl (C=O) groups is 1. The van der Waals surface area contributed by atoms with E-state index in [-0.39, 0.29) is 11.3 Å². The molecule has 0 atom stereocenters. The molecule has 0 spiro atoms. The van der Waals surface area contributed by atoms with Gasteiger partial charge in [-0.05, 0) is 48.0 Å². The molecule has 1 aromatic heterocycles. The number of hydrogen-bond donors (Lipinski definition) is 0. The number of imidazole rings is 1. The van der Waals surface area contributed by atoms with Crippen molar-refractivity contribution in [1.29, 1.82) is 0 Å². The van der Waals surface area contributed by atoms with Crippen molar-refractivity contribution in [3.63, 3.8) is 0 Å². The second-order valence-electron chi connectivity index (χ2n) is 7.72. The lowest BCUT2D eigenvalue weighted by Crippen LogP contribution is -2.08. The number of nitrogens with zero attached hydrogens (tertiary/aromatic N) is 3. The van der Waals surface area contributed by atoms with Crippen LogP contribution in [0.4, 0.5) is 5.69 Å². The van der Waals surface area contributed by atoms with E-state index in [0.717, 1.165) is 28.0 Å². The van der Waals surface area contributed by atoms with Gasteiger partial charge in [0.05, 0.1) is 21.5 Å². The predicted molar refractivity (Wildman–Crippen MR) is 129 cm³/mol. The molecule has 34 heavy (non-hydrogen) atoms. The van der Waals surface area contributed by atoms with E-state index in [9.17, 15) is 14.9 Å². The maximum absolute atomic E-state index is 12.5. The molecule has 0 fully saturated rings. The molecule has 1 heterocycles. The molecular weight excluding hydrogens is 430 g/mol. The summed E-state index contributed by atoms with van der Waals surface area (Å²) in [4.78, 5) is 27.7. The first kappa shape index (κ1) is 21.1. The number of nitro groups is 1. The summed E-state index contributed by atoms with van der Waals surface area (Å²) in [5.74, 6) is 0.486. The zero-order valence-electron chi connectivity index (χ0n) is 18.0. The highest BCUT2D eigenvalue weighted by Crippen LogP contribution is 2.28. The van der Waals surface area contributed by atoms with E-state index >= 15 is 0 Å². The van der Waals surface area contributed by atoms with Crippen LogP contribution in [0.2, 0.25) is 0 Å². The highest BCUT2D eigenvalue weighted by Gasteiger charge is 2.15. The molecule has 0 aliphatic rings. The van der Waals surface area contributed by atoms with Crippen molar-refractivity contribution in [1.82, 2.24) is 9.55 Å². The molecular formula is C27H19N3O4. The van der Waals surface area contributed by atoms with Crippen molar-refractivity contribution in [2.45, 2.75) is 6.54 Å². The Labute approximate surface area is 195 Å². The molecule has 5 rings (SSSR count). The van der Waals surface area contributed by atoms with Gasteiger partial charge in [-0.15, -0.1) is 0 Å². The Bertz CT molecular complexity index is 1490. The first-order valence-electron chi connectivity index (χ1n) is 10.6. The summed E-state index contributed by atoms with van der Waals surface area (Å²) in [6.45, 7) is 0.667. The molecule has 0 aliphatic heterocycles. The normalized spacial score (nSPS) is 10.8. The second kappa shape index (κ2) is 8.99. The van der Waals surface area contributed by atoms with E-state index in [0.29, 0.717) is 12.3 Å². The van der Waals surface area contributed by atoms with Gasteiger partial charge in [0, 0.05) is 24.2 Å². The quantitative estimate of drug-likeness (QED) is 0.140. The van der Waals surface area contributed by atoms with Crippen LogP contribution in [0.25, 0.3) is 22.4 Å². The van der Waals surface area contributed by atoms with Crippen molar-refractivity contribution in [3.05, 3.63) is 124 Å². The van der Waals surface area contributed by atoms with E-state index in [4.69, 9.17) is 9.72 Å². The minimum Gasteiger partial charge on any atom is -0.423 e. The molecule has 0 aliphatic carbocycles. The zero-order chi connectivity index (χ0) is 23.5. The topological polar surface area (TPSA) is 87.3 Å². The summed E-state index contributed by atoms with van der Waals surface area (Å²) < 4.78 is 7.58. The monoisotopic (exact) mass is 449 g/mol. The molecule has 166 valence electrons. The van der Waals surface area contributed by atoms with Crippen molar-refractivity contribution < 1.29 is 14.5 Å². The number of non-ortho nitro benzene ring substituents is 1. The summed E-state index contributed by atoms with van der Waals surface area (Å²) in [7, 11) is 0. The summed E-state index contributed by atoms with van der Waals surface area (Å²) >= 11 is 0. The molecule has 0 saturated carbocycles. The Morgan fingerprint density at radius 2 is 1.62 bits per heavy atom. The molecule has 7 heteroatoms. The third-order valence-corrected chi connectivity index (χ3v) is 5.45. The number of ether oxygens (including phenoxy) is 1. The SMILES string of the molecule is O=C(Oc1ccc(-c2nc3ccccc3n2Cc2ccccc2)cc1)c1cccc([N+](=O)[O-])c1. The number of benzene rings is 4. The number of para-hydroxylation sites is 2. The molecule has 0 bridgehead atoms. The van der Waals surface area contributed by atoms with Gasteiger partial charge in [0.1, 0.15) is 11.6 Å². The van der Waals surface area contributed by atoms with Crippen LogP contribution < -0.4 is 4.74 Å². The smallest absolute Gasteiger partial charge is 0.343 e. The summed E-state index contributed by atoms with van der Waals surface area (Å²) in [5.41, 5.74) is 3.92. The first-order valence-corrected chi connectivity index (χ1v) is 10.6. The van der Waals surface area contributed by atoms with Crippen molar-refractivity contribution in [2.24, 2.45) is 0 Å². The fourth-order valence-electron chi connectivity index (χ4n) is 3.81. The Balaban J connectivity index is 1.43. The van der Waals surface area contributed by atoms with Crippen LogP contribution in [0.3, 0.4) is 0 Å². The van der Waals surface area contributed by atoms with Gasteiger partial charge < -0.3 is 9.30 Å². The minimum atomic E-state index is -0.659. The van der Waals surface area contributed by atoms with E-state index in [1.54, 1.807) is 12.1 Å². The summed E-state index contributed by atoms with van der Waals surface area (Å²) in [6, 6.07) is 30.7. The molecule has 7 nitrogen and oxygen atoms in total. The standard InChI is InChI=1S/C27H19N3O4/c31-27(21-9-6-10-22(17-21)30(32)33)34-23-15-13-20(14-16-23)26-28-24-11-4-5-12-25(24)29(26)18-19-7-2-1-3-8-19/h1-17H,18H2. The Hall–Kier alpha value is -4.78. The number of esters is 1. The minimum absolute atomic E-state index is 0.114. The third-order valence-electron chi connectivity index (χ3n) is 5.45. The fraction of sp³-hybridized carbons (Fsp3) is 0.0370. The van der Waals surface area contributed by atoms with Crippen molar-refractivity contribution in [2.75, 3.05) is 0 Å². The first-order chi connectivity index (χ1) is 16.6. The molecule has 0 saturated heterocycles. The highest BCUT2D eigenvalue weighted by molar-refractivity contribution is 5.91. The van der Waals surface area contributed by atoms with Gasteiger partial charge in [0.15, 0.2) is 0 Å². The van der Waals surface area contributed by atoms with Gasteiger partial charge in [0.2, 0.25) is 0 Å². The second-order valence-corrected chi connectivity index (χ2v) is 7.72. The summed E-state index contributed by atoms with van der Waals surface area (Å²) in [6.07, 6.45) is 0.